The molecule has 3 rings (SSSR count). The number of fused-ring (bicyclic) bond motifs is 1. The van der Waals surface area contributed by atoms with Crippen LogP contribution in [0.3, 0.4) is 0 Å². The minimum absolute atomic E-state index is 0.0335. The van der Waals surface area contributed by atoms with E-state index in [-0.39, 0.29) is 11.9 Å². The maximum atomic E-state index is 12.2. The number of unbranched alkanes of at least 4 members (excludes halogenated alkanes) is 2. The summed E-state index contributed by atoms with van der Waals surface area (Å²) >= 11 is 1.42. The first-order valence-corrected chi connectivity index (χ1v) is 10.3. The number of aromatic nitrogens is 4. The van der Waals surface area contributed by atoms with Crippen LogP contribution in [0.2, 0.25) is 0 Å². The molecule has 0 aliphatic carbocycles. The maximum absolute atomic E-state index is 12.2. The summed E-state index contributed by atoms with van der Waals surface area (Å²) in [6.45, 7) is 4.24. The molecule has 1 amide bonds. The number of nitrogens with one attached hydrogen (secondary N) is 1. The zero-order valence-electron chi connectivity index (χ0n) is 15.8. The summed E-state index contributed by atoms with van der Waals surface area (Å²) in [5.74, 6) is 0.368. The number of rotatable bonds is 9. The van der Waals surface area contributed by atoms with E-state index in [2.05, 4.69) is 34.2 Å². The van der Waals surface area contributed by atoms with E-state index in [9.17, 15) is 4.79 Å². The van der Waals surface area contributed by atoms with Crippen molar-refractivity contribution in [2.75, 3.05) is 5.75 Å². The van der Waals surface area contributed by atoms with Crippen molar-refractivity contribution in [1.29, 1.82) is 0 Å². The van der Waals surface area contributed by atoms with Crippen molar-refractivity contribution in [2.45, 2.75) is 50.6 Å². The molecule has 0 saturated carbocycles. The molecule has 2 heterocycles. The molecule has 27 heavy (non-hydrogen) atoms. The van der Waals surface area contributed by atoms with Crippen LogP contribution in [-0.4, -0.2) is 37.5 Å². The van der Waals surface area contributed by atoms with E-state index >= 15 is 0 Å². The second-order valence-corrected chi connectivity index (χ2v) is 7.53. The number of carbonyl (C=O) groups is 1. The number of hydrogen-bond acceptors (Lipinski definition) is 5. The Morgan fingerprint density at radius 3 is 2.81 bits per heavy atom. The van der Waals surface area contributed by atoms with E-state index in [0.717, 1.165) is 34.6 Å². The quantitative estimate of drug-likeness (QED) is 0.344. The molecule has 1 aromatic carbocycles. The molecule has 6 nitrogen and oxygen atoms in total. The number of thioether (sulfide) groups is 1. The van der Waals surface area contributed by atoms with E-state index in [1.165, 1.54) is 30.9 Å². The SMILES string of the molecule is CCCCCC(C)NC(=O)CSc1ncnc2c1cnn2-c1ccccc1. The fraction of sp³-hybridized carbons (Fsp3) is 0.400. The molecule has 0 aliphatic heterocycles. The normalized spacial score (nSPS) is 12.2. The minimum Gasteiger partial charge on any atom is -0.353 e. The first-order valence-electron chi connectivity index (χ1n) is 9.35. The number of hydrogen-bond donors (Lipinski definition) is 1. The highest BCUT2D eigenvalue weighted by Gasteiger charge is 2.13. The van der Waals surface area contributed by atoms with E-state index in [0.29, 0.717) is 5.75 Å². The van der Waals surface area contributed by atoms with E-state index in [4.69, 9.17) is 0 Å². The Kier molecular flexibility index (Phi) is 6.81. The zero-order chi connectivity index (χ0) is 19.1. The molecular formula is C20H25N5OS. The van der Waals surface area contributed by atoms with Crippen LogP contribution >= 0.6 is 11.8 Å². The monoisotopic (exact) mass is 383 g/mol. The van der Waals surface area contributed by atoms with Gasteiger partial charge in [-0.3, -0.25) is 4.79 Å². The van der Waals surface area contributed by atoms with Crippen LogP contribution in [-0.2, 0) is 4.79 Å². The average Bonchev–Trinajstić information content (AvgIpc) is 3.12. The molecule has 142 valence electrons. The predicted octanol–water partition coefficient (Wildman–Crippen LogP) is 3.99. The summed E-state index contributed by atoms with van der Waals surface area (Å²) < 4.78 is 1.79. The lowest BCUT2D eigenvalue weighted by atomic mass is 10.1. The van der Waals surface area contributed by atoms with Crippen LogP contribution < -0.4 is 5.32 Å². The third-order valence-electron chi connectivity index (χ3n) is 4.32. The first kappa shape index (κ1) is 19.4. The summed E-state index contributed by atoms with van der Waals surface area (Å²) in [4.78, 5) is 20.9. The van der Waals surface area contributed by atoms with E-state index < -0.39 is 0 Å². The largest absolute Gasteiger partial charge is 0.353 e. The van der Waals surface area contributed by atoms with Gasteiger partial charge in [0.15, 0.2) is 5.65 Å². The van der Waals surface area contributed by atoms with Gasteiger partial charge in [-0.15, -0.1) is 0 Å². The second-order valence-electron chi connectivity index (χ2n) is 6.56. The van der Waals surface area contributed by atoms with E-state index in [1.807, 2.05) is 30.3 Å². The van der Waals surface area contributed by atoms with Gasteiger partial charge in [0.05, 0.1) is 23.0 Å². The van der Waals surface area contributed by atoms with Crippen molar-refractivity contribution < 1.29 is 4.79 Å². The van der Waals surface area contributed by atoms with Gasteiger partial charge in [0.25, 0.3) is 0 Å². The fourth-order valence-electron chi connectivity index (χ4n) is 2.92. The lowest BCUT2D eigenvalue weighted by molar-refractivity contribution is -0.119. The number of amides is 1. The highest BCUT2D eigenvalue weighted by molar-refractivity contribution is 8.00. The highest BCUT2D eigenvalue weighted by atomic mass is 32.2. The number of benzene rings is 1. The van der Waals surface area contributed by atoms with Gasteiger partial charge in [-0.25, -0.2) is 14.6 Å². The Bertz CT molecular complexity index is 880. The Balaban J connectivity index is 1.64. The smallest absolute Gasteiger partial charge is 0.230 e. The lowest BCUT2D eigenvalue weighted by Gasteiger charge is -2.13. The lowest BCUT2D eigenvalue weighted by Crippen LogP contribution is -2.33. The Hall–Kier alpha value is -2.41. The number of carbonyl (C=O) groups excluding carboxylic acids is 1. The molecule has 1 N–H and O–H groups in total. The van der Waals surface area contributed by atoms with Gasteiger partial charge < -0.3 is 5.32 Å². The zero-order valence-corrected chi connectivity index (χ0v) is 16.6. The molecule has 0 aliphatic rings. The Morgan fingerprint density at radius 1 is 1.22 bits per heavy atom. The molecule has 1 unspecified atom stereocenters. The van der Waals surface area contributed by atoms with Gasteiger partial charge in [0.1, 0.15) is 11.4 Å². The average molecular weight is 384 g/mol. The van der Waals surface area contributed by atoms with Gasteiger partial charge in [-0.1, -0.05) is 56.1 Å². The van der Waals surface area contributed by atoms with Crippen LogP contribution in [0.5, 0.6) is 0 Å². The third-order valence-corrected chi connectivity index (χ3v) is 5.32. The summed E-state index contributed by atoms with van der Waals surface area (Å²) in [6.07, 6.45) is 7.85. The standard InChI is InChI=1S/C20H25N5OS/c1-3-4-6-9-15(2)24-18(26)13-27-20-17-12-23-25(19(17)21-14-22-20)16-10-7-5-8-11-16/h5,7-8,10-12,14-15H,3-4,6,9,13H2,1-2H3,(H,24,26). The fourth-order valence-corrected chi connectivity index (χ4v) is 3.69. The van der Waals surface area contributed by atoms with Crippen LogP contribution in [0.1, 0.15) is 39.5 Å². The summed E-state index contributed by atoms with van der Waals surface area (Å²) in [5, 5.41) is 9.14. The van der Waals surface area contributed by atoms with Crippen molar-refractivity contribution in [1.82, 2.24) is 25.1 Å². The van der Waals surface area contributed by atoms with Crippen molar-refractivity contribution in [2.24, 2.45) is 0 Å². The second kappa shape index (κ2) is 9.50. The Labute approximate surface area is 163 Å². The van der Waals surface area contributed by atoms with Crippen molar-refractivity contribution in [3.05, 3.63) is 42.9 Å². The first-order chi connectivity index (χ1) is 13.2. The molecule has 0 fully saturated rings. The van der Waals surface area contributed by atoms with Crippen molar-refractivity contribution >= 4 is 28.7 Å². The molecule has 2 aromatic heterocycles. The molecule has 7 heteroatoms. The Morgan fingerprint density at radius 2 is 2.04 bits per heavy atom. The van der Waals surface area contributed by atoms with Gasteiger partial charge in [0, 0.05) is 6.04 Å². The van der Waals surface area contributed by atoms with Gasteiger partial charge >= 0.3 is 0 Å². The molecule has 0 saturated heterocycles. The molecule has 3 aromatic rings. The summed E-state index contributed by atoms with van der Waals surface area (Å²) in [5.41, 5.74) is 1.69. The molecule has 1 atom stereocenters. The molecule has 0 spiro atoms. The predicted molar refractivity (Wildman–Crippen MR) is 109 cm³/mol. The van der Waals surface area contributed by atoms with Gasteiger partial charge in [-0.2, -0.15) is 5.10 Å². The molecule has 0 bridgehead atoms. The van der Waals surface area contributed by atoms with Crippen molar-refractivity contribution in [3.8, 4) is 5.69 Å². The number of nitrogens with zero attached hydrogens (tertiary/aromatic N) is 4. The summed E-state index contributed by atoms with van der Waals surface area (Å²) in [6, 6.07) is 10.1. The summed E-state index contributed by atoms with van der Waals surface area (Å²) in [7, 11) is 0. The van der Waals surface area contributed by atoms with Gasteiger partial charge in [-0.05, 0) is 25.5 Å². The van der Waals surface area contributed by atoms with E-state index in [1.54, 1.807) is 10.9 Å². The van der Waals surface area contributed by atoms with Crippen LogP contribution in [0.25, 0.3) is 16.7 Å². The maximum Gasteiger partial charge on any atom is 0.230 e. The van der Waals surface area contributed by atoms with Crippen LogP contribution in [0, 0.1) is 0 Å². The van der Waals surface area contributed by atoms with Gasteiger partial charge in [0.2, 0.25) is 5.91 Å². The third kappa shape index (κ3) is 5.07. The molecule has 0 radical (unpaired) electrons. The topological polar surface area (TPSA) is 72.7 Å². The highest BCUT2D eigenvalue weighted by Crippen LogP contribution is 2.25. The minimum atomic E-state index is 0.0335. The van der Waals surface area contributed by atoms with Crippen molar-refractivity contribution in [3.63, 3.8) is 0 Å². The van der Waals surface area contributed by atoms with Crippen LogP contribution in [0.15, 0.2) is 47.9 Å². The molecular weight excluding hydrogens is 358 g/mol. The number of para-hydroxylation sites is 1. The van der Waals surface area contributed by atoms with Crippen LogP contribution in [0.4, 0.5) is 0 Å².